The summed E-state index contributed by atoms with van der Waals surface area (Å²) in [5, 5.41) is 3.96. The van der Waals surface area contributed by atoms with E-state index >= 15 is 0 Å². The highest BCUT2D eigenvalue weighted by Crippen LogP contribution is 2.27. The highest BCUT2D eigenvalue weighted by molar-refractivity contribution is 5.83. The molecule has 0 saturated carbocycles. The summed E-state index contributed by atoms with van der Waals surface area (Å²) in [5.41, 5.74) is 5.54. The average Bonchev–Trinajstić information content (AvgIpc) is 2.65. The van der Waals surface area contributed by atoms with Gasteiger partial charge in [-0.1, -0.05) is 6.07 Å². The number of ether oxygens (including phenoxy) is 3. The topological polar surface area (TPSA) is 69.2 Å². The summed E-state index contributed by atoms with van der Waals surface area (Å²) in [7, 11) is 0. The molecule has 2 aromatic rings. The first-order chi connectivity index (χ1) is 13.0. The van der Waals surface area contributed by atoms with Crippen molar-refractivity contribution in [2.75, 3.05) is 19.8 Å². The Balaban J connectivity index is 1.89. The highest BCUT2D eigenvalue weighted by Gasteiger charge is 2.06. The van der Waals surface area contributed by atoms with Gasteiger partial charge in [-0.2, -0.15) is 5.10 Å². The lowest BCUT2D eigenvalue weighted by atomic mass is 10.1. The number of hydrogen-bond acceptors (Lipinski definition) is 5. The molecule has 6 heteroatoms. The molecule has 0 aliphatic heterocycles. The van der Waals surface area contributed by atoms with Gasteiger partial charge in [0.2, 0.25) is 0 Å². The van der Waals surface area contributed by atoms with Gasteiger partial charge in [-0.15, -0.1) is 0 Å². The minimum absolute atomic E-state index is 0.104. The Hall–Kier alpha value is -3.02. The van der Waals surface area contributed by atoms with Gasteiger partial charge in [0.1, 0.15) is 5.75 Å². The van der Waals surface area contributed by atoms with Crippen LogP contribution in [0.4, 0.5) is 0 Å². The second-order valence-electron chi connectivity index (χ2n) is 5.90. The van der Waals surface area contributed by atoms with Crippen LogP contribution in [0.2, 0.25) is 0 Å². The number of carbonyl (C=O) groups is 1. The van der Waals surface area contributed by atoms with Crippen LogP contribution in [0, 0.1) is 13.8 Å². The lowest BCUT2D eigenvalue weighted by Gasteiger charge is -2.11. The van der Waals surface area contributed by atoms with Gasteiger partial charge in [-0.25, -0.2) is 5.43 Å². The summed E-state index contributed by atoms with van der Waals surface area (Å²) in [6.07, 6.45) is 1.55. The number of nitrogens with one attached hydrogen (secondary N) is 1. The van der Waals surface area contributed by atoms with Gasteiger partial charge in [0.05, 0.1) is 19.4 Å². The monoisotopic (exact) mass is 370 g/mol. The van der Waals surface area contributed by atoms with Crippen molar-refractivity contribution in [2.45, 2.75) is 27.7 Å². The molecule has 0 spiro atoms. The Morgan fingerprint density at radius 2 is 1.70 bits per heavy atom. The zero-order valence-corrected chi connectivity index (χ0v) is 16.2. The van der Waals surface area contributed by atoms with Crippen LogP contribution in [0.3, 0.4) is 0 Å². The smallest absolute Gasteiger partial charge is 0.277 e. The summed E-state index contributed by atoms with van der Waals surface area (Å²) >= 11 is 0. The molecule has 0 unspecified atom stereocenters. The minimum Gasteiger partial charge on any atom is -0.490 e. The molecule has 0 fully saturated rings. The van der Waals surface area contributed by atoms with Crippen LogP contribution >= 0.6 is 0 Å². The molecule has 144 valence electrons. The van der Waals surface area contributed by atoms with E-state index in [1.54, 1.807) is 6.21 Å². The predicted molar refractivity (Wildman–Crippen MR) is 106 cm³/mol. The van der Waals surface area contributed by atoms with Crippen molar-refractivity contribution in [1.82, 2.24) is 5.43 Å². The fraction of sp³-hybridized carbons (Fsp3) is 0.333. The molecule has 1 amide bonds. The molecule has 0 aliphatic carbocycles. The third kappa shape index (κ3) is 6.33. The molecule has 6 nitrogen and oxygen atoms in total. The molecule has 0 saturated heterocycles. The molecule has 0 aromatic heterocycles. The Morgan fingerprint density at radius 1 is 0.963 bits per heavy atom. The molecule has 2 aromatic carbocycles. The number of hydrogen-bond donors (Lipinski definition) is 1. The molecule has 0 atom stereocenters. The Kier molecular flexibility index (Phi) is 7.67. The van der Waals surface area contributed by atoms with E-state index in [1.165, 1.54) is 5.56 Å². The van der Waals surface area contributed by atoms with Gasteiger partial charge in [-0.3, -0.25) is 4.79 Å². The third-order valence-corrected chi connectivity index (χ3v) is 3.82. The van der Waals surface area contributed by atoms with Gasteiger partial charge in [-0.05, 0) is 74.7 Å². The molecular formula is C21H26N2O4. The van der Waals surface area contributed by atoms with E-state index in [0.29, 0.717) is 30.5 Å². The maximum atomic E-state index is 11.9. The second kappa shape index (κ2) is 10.2. The number of nitrogens with zero attached hydrogens (tertiary/aromatic N) is 1. The molecule has 27 heavy (non-hydrogen) atoms. The van der Waals surface area contributed by atoms with Crippen LogP contribution in [-0.2, 0) is 4.79 Å². The maximum Gasteiger partial charge on any atom is 0.277 e. The van der Waals surface area contributed by atoms with Crippen LogP contribution in [0.1, 0.15) is 30.5 Å². The van der Waals surface area contributed by atoms with Crippen molar-refractivity contribution in [3.63, 3.8) is 0 Å². The summed E-state index contributed by atoms with van der Waals surface area (Å²) in [6.45, 7) is 8.84. The van der Waals surface area contributed by atoms with Crippen LogP contribution in [-0.4, -0.2) is 31.9 Å². The number of hydrazone groups is 1. The first-order valence-corrected chi connectivity index (χ1v) is 8.95. The van der Waals surface area contributed by atoms with Crippen molar-refractivity contribution < 1.29 is 19.0 Å². The maximum absolute atomic E-state index is 11.9. The van der Waals surface area contributed by atoms with Crippen molar-refractivity contribution >= 4 is 12.1 Å². The highest BCUT2D eigenvalue weighted by atomic mass is 16.5. The molecule has 2 rings (SSSR count). The van der Waals surface area contributed by atoms with Gasteiger partial charge < -0.3 is 14.2 Å². The van der Waals surface area contributed by atoms with E-state index < -0.39 is 0 Å². The third-order valence-electron chi connectivity index (χ3n) is 3.82. The fourth-order valence-corrected chi connectivity index (χ4v) is 2.31. The first-order valence-electron chi connectivity index (χ1n) is 8.95. The zero-order chi connectivity index (χ0) is 19.6. The van der Waals surface area contributed by atoms with Crippen LogP contribution in [0.15, 0.2) is 41.5 Å². The van der Waals surface area contributed by atoms with E-state index in [-0.39, 0.29) is 12.5 Å². The van der Waals surface area contributed by atoms with Crippen LogP contribution in [0.5, 0.6) is 17.2 Å². The number of rotatable bonds is 9. The Morgan fingerprint density at radius 3 is 2.41 bits per heavy atom. The quantitative estimate of drug-likeness (QED) is 0.541. The second-order valence-corrected chi connectivity index (χ2v) is 5.90. The summed E-state index contributed by atoms with van der Waals surface area (Å²) in [5.74, 6) is 1.65. The van der Waals surface area contributed by atoms with E-state index in [2.05, 4.69) is 10.5 Å². The number of carbonyl (C=O) groups excluding carboxylic acids is 1. The molecule has 0 radical (unpaired) electrons. The first kappa shape index (κ1) is 20.3. The lowest BCUT2D eigenvalue weighted by Crippen LogP contribution is -2.24. The van der Waals surface area contributed by atoms with Crippen LogP contribution in [0.25, 0.3) is 0 Å². The Labute approximate surface area is 160 Å². The molecule has 1 N–H and O–H groups in total. The van der Waals surface area contributed by atoms with Crippen LogP contribution < -0.4 is 19.6 Å². The normalized spacial score (nSPS) is 10.7. The molecule has 0 aliphatic rings. The summed E-state index contributed by atoms with van der Waals surface area (Å²) in [6, 6.07) is 11.2. The lowest BCUT2D eigenvalue weighted by molar-refractivity contribution is -0.123. The number of benzene rings is 2. The fourth-order valence-electron chi connectivity index (χ4n) is 2.31. The predicted octanol–water partition coefficient (Wildman–Crippen LogP) is 3.63. The van der Waals surface area contributed by atoms with Crippen molar-refractivity contribution in [1.29, 1.82) is 0 Å². The van der Waals surface area contributed by atoms with Crippen molar-refractivity contribution in [3.05, 3.63) is 53.1 Å². The minimum atomic E-state index is -0.333. The van der Waals surface area contributed by atoms with Crippen molar-refractivity contribution in [2.24, 2.45) is 5.10 Å². The van der Waals surface area contributed by atoms with E-state index in [1.807, 2.05) is 64.1 Å². The largest absolute Gasteiger partial charge is 0.490 e. The molecule has 0 bridgehead atoms. The number of amides is 1. The van der Waals surface area contributed by atoms with Gasteiger partial charge >= 0.3 is 0 Å². The van der Waals surface area contributed by atoms with E-state index in [4.69, 9.17) is 14.2 Å². The van der Waals surface area contributed by atoms with Crippen molar-refractivity contribution in [3.8, 4) is 17.2 Å². The molecular weight excluding hydrogens is 344 g/mol. The van der Waals surface area contributed by atoms with Gasteiger partial charge in [0, 0.05) is 0 Å². The molecule has 0 heterocycles. The summed E-state index contributed by atoms with van der Waals surface area (Å²) in [4.78, 5) is 11.9. The summed E-state index contributed by atoms with van der Waals surface area (Å²) < 4.78 is 16.6. The van der Waals surface area contributed by atoms with Gasteiger partial charge in [0.15, 0.2) is 18.1 Å². The standard InChI is InChI=1S/C21H26N2O4/c1-5-25-19-10-8-17(12-20(19)26-6-2)13-22-23-21(24)14-27-18-9-7-15(3)16(4)11-18/h7-13H,5-6,14H2,1-4H3,(H,23,24)/b22-13-. The zero-order valence-electron chi connectivity index (χ0n) is 16.2. The van der Waals surface area contributed by atoms with E-state index in [0.717, 1.165) is 11.1 Å². The van der Waals surface area contributed by atoms with E-state index in [9.17, 15) is 4.79 Å². The average molecular weight is 370 g/mol. The SMILES string of the molecule is CCOc1ccc(/C=N\NC(=O)COc2ccc(C)c(C)c2)cc1OCC. The van der Waals surface area contributed by atoms with Gasteiger partial charge in [0.25, 0.3) is 5.91 Å². The number of aryl methyl sites for hydroxylation is 2. The Bertz CT molecular complexity index is 803.